The molecular weight excluding hydrogens is 1400 g/mol. The number of esters is 4. The Morgan fingerprint density at radius 3 is 0.722 bits per heavy atom. The van der Waals surface area contributed by atoms with Gasteiger partial charge in [0.15, 0.2) is 12.2 Å². The first-order valence-corrected chi connectivity index (χ1v) is 46.8. The van der Waals surface area contributed by atoms with Crippen molar-refractivity contribution in [2.45, 2.75) is 418 Å². The number of unbranched alkanes of at least 4 members (excludes halogenated alkanes) is 43. The molecular formula is C89H160O17P2. The fourth-order valence-corrected chi connectivity index (χ4v) is 13.7. The van der Waals surface area contributed by atoms with Gasteiger partial charge >= 0.3 is 39.5 Å². The van der Waals surface area contributed by atoms with E-state index >= 15 is 0 Å². The minimum absolute atomic E-state index is 0.0843. The molecule has 0 spiro atoms. The molecule has 5 unspecified atom stereocenters. The zero-order valence-corrected chi connectivity index (χ0v) is 70.8. The van der Waals surface area contributed by atoms with Gasteiger partial charge in [0.25, 0.3) is 0 Å². The zero-order valence-electron chi connectivity index (χ0n) is 69.0. The van der Waals surface area contributed by atoms with Crippen molar-refractivity contribution in [3.63, 3.8) is 0 Å². The third-order valence-corrected chi connectivity index (χ3v) is 20.7. The van der Waals surface area contributed by atoms with Crippen LogP contribution >= 0.6 is 15.6 Å². The number of rotatable bonds is 83. The molecule has 0 aliphatic carbocycles. The maximum absolute atomic E-state index is 13.1. The number of phosphoric ester groups is 2. The van der Waals surface area contributed by atoms with Crippen LogP contribution in [0.25, 0.3) is 0 Å². The molecule has 628 valence electrons. The largest absolute Gasteiger partial charge is 0.472 e. The summed E-state index contributed by atoms with van der Waals surface area (Å²) in [5, 5.41) is 10.7. The SMILES string of the molecule is CCCCC/C=C\C/C=C\C/C=C\CCCCCCCCC(=O)OCC(COP(=O)(O)OCC(O)COP(=O)(O)OCC(COC(=O)CCCCCCCC/C=C\C/C=C\C/C=C\CCCCC)OC(=O)CCCCCCCCCCCCCCCCC)OC(=O)CCCCCCC/C=C\CCCCCCCC. The number of aliphatic hydroxyl groups excluding tert-OH is 1. The number of phosphoric acid groups is 2. The van der Waals surface area contributed by atoms with Crippen LogP contribution in [0.4, 0.5) is 0 Å². The molecule has 0 radical (unpaired) electrons. The zero-order chi connectivity index (χ0) is 78.9. The summed E-state index contributed by atoms with van der Waals surface area (Å²) in [4.78, 5) is 73.3. The lowest BCUT2D eigenvalue weighted by Gasteiger charge is -2.21. The van der Waals surface area contributed by atoms with E-state index in [0.717, 1.165) is 180 Å². The van der Waals surface area contributed by atoms with Gasteiger partial charge in [-0.1, -0.05) is 331 Å². The minimum Gasteiger partial charge on any atom is -0.462 e. The molecule has 0 fully saturated rings. The van der Waals surface area contributed by atoms with Gasteiger partial charge in [-0.3, -0.25) is 37.3 Å². The lowest BCUT2D eigenvalue weighted by molar-refractivity contribution is -0.161. The summed E-state index contributed by atoms with van der Waals surface area (Å²) >= 11 is 0. The van der Waals surface area contributed by atoms with E-state index in [1.165, 1.54) is 141 Å². The van der Waals surface area contributed by atoms with Crippen molar-refractivity contribution in [2.75, 3.05) is 39.6 Å². The van der Waals surface area contributed by atoms with Crippen molar-refractivity contribution in [3.8, 4) is 0 Å². The highest BCUT2D eigenvalue weighted by molar-refractivity contribution is 7.47. The molecule has 0 aliphatic heterocycles. The molecule has 0 saturated carbocycles. The second-order valence-corrected chi connectivity index (χ2v) is 32.4. The summed E-state index contributed by atoms with van der Waals surface area (Å²) in [6, 6.07) is 0. The fraction of sp³-hybridized carbons (Fsp3) is 0.798. The van der Waals surface area contributed by atoms with E-state index in [4.69, 9.17) is 37.0 Å². The van der Waals surface area contributed by atoms with Gasteiger partial charge in [-0.2, -0.15) is 0 Å². The van der Waals surface area contributed by atoms with E-state index in [1.54, 1.807) is 0 Å². The first kappa shape index (κ1) is 104. The number of hydrogen-bond donors (Lipinski definition) is 3. The third kappa shape index (κ3) is 80.3. The second kappa shape index (κ2) is 81.3. The quantitative estimate of drug-likeness (QED) is 0.0169. The highest BCUT2D eigenvalue weighted by Crippen LogP contribution is 2.45. The summed E-state index contributed by atoms with van der Waals surface area (Å²) in [5.41, 5.74) is 0. The van der Waals surface area contributed by atoms with E-state index in [9.17, 15) is 43.2 Å². The Balaban J connectivity index is 5.36. The van der Waals surface area contributed by atoms with Crippen LogP contribution in [0.15, 0.2) is 85.1 Å². The number of carbonyl (C=O) groups excluding carboxylic acids is 4. The van der Waals surface area contributed by atoms with E-state index in [2.05, 4.69) is 113 Å². The lowest BCUT2D eigenvalue weighted by atomic mass is 10.0. The van der Waals surface area contributed by atoms with E-state index in [1.807, 2.05) is 0 Å². The average molecular weight is 1560 g/mol. The van der Waals surface area contributed by atoms with E-state index < -0.39 is 97.5 Å². The predicted molar refractivity (Wildman–Crippen MR) is 446 cm³/mol. The van der Waals surface area contributed by atoms with Crippen molar-refractivity contribution < 1.29 is 80.2 Å². The number of aliphatic hydroxyl groups is 1. The molecule has 0 aromatic heterocycles. The van der Waals surface area contributed by atoms with E-state index in [-0.39, 0.29) is 25.7 Å². The highest BCUT2D eigenvalue weighted by atomic mass is 31.2. The smallest absolute Gasteiger partial charge is 0.462 e. The van der Waals surface area contributed by atoms with Gasteiger partial charge in [-0.15, -0.1) is 0 Å². The maximum Gasteiger partial charge on any atom is 0.472 e. The Hall–Kier alpha value is -3.76. The molecule has 19 heteroatoms. The van der Waals surface area contributed by atoms with E-state index in [0.29, 0.717) is 25.7 Å². The molecule has 0 bridgehead atoms. The summed E-state index contributed by atoms with van der Waals surface area (Å²) in [7, 11) is -9.96. The molecule has 0 rings (SSSR count). The van der Waals surface area contributed by atoms with Gasteiger partial charge < -0.3 is 33.8 Å². The van der Waals surface area contributed by atoms with Crippen LogP contribution in [-0.2, 0) is 65.4 Å². The van der Waals surface area contributed by atoms with Crippen LogP contribution in [0.2, 0.25) is 0 Å². The topological polar surface area (TPSA) is 237 Å². The first-order valence-electron chi connectivity index (χ1n) is 43.8. The molecule has 5 atom stereocenters. The van der Waals surface area contributed by atoms with Gasteiger partial charge in [0, 0.05) is 25.7 Å². The molecule has 17 nitrogen and oxygen atoms in total. The minimum atomic E-state index is -4.98. The Bertz CT molecular complexity index is 2370. The molecule has 0 aliphatic rings. The number of allylic oxidation sites excluding steroid dienone is 14. The molecule has 0 heterocycles. The summed E-state index contributed by atoms with van der Waals surface area (Å²) < 4.78 is 68.9. The highest BCUT2D eigenvalue weighted by Gasteiger charge is 2.30. The molecule has 3 N–H and O–H groups in total. The summed E-state index contributed by atoms with van der Waals surface area (Å²) in [6.45, 7) is 4.87. The van der Waals surface area contributed by atoms with Crippen LogP contribution in [0.5, 0.6) is 0 Å². The molecule has 0 amide bonds. The summed E-state index contributed by atoms with van der Waals surface area (Å²) in [6.07, 6.45) is 86.7. The van der Waals surface area contributed by atoms with Crippen LogP contribution in [0.3, 0.4) is 0 Å². The van der Waals surface area contributed by atoms with Crippen molar-refractivity contribution in [1.82, 2.24) is 0 Å². The Morgan fingerprint density at radius 1 is 0.259 bits per heavy atom. The van der Waals surface area contributed by atoms with Crippen LogP contribution in [-0.4, -0.2) is 96.7 Å². The van der Waals surface area contributed by atoms with Gasteiger partial charge in [0.2, 0.25) is 0 Å². The number of hydrogen-bond acceptors (Lipinski definition) is 15. The fourth-order valence-electron chi connectivity index (χ4n) is 12.1. The van der Waals surface area contributed by atoms with Crippen molar-refractivity contribution in [2.24, 2.45) is 0 Å². The van der Waals surface area contributed by atoms with Crippen LogP contribution in [0.1, 0.15) is 400 Å². The lowest BCUT2D eigenvalue weighted by Crippen LogP contribution is -2.30. The van der Waals surface area contributed by atoms with Gasteiger partial charge in [-0.25, -0.2) is 9.13 Å². The number of carbonyl (C=O) groups is 4. The van der Waals surface area contributed by atoms with Crippen LogP contribution < -0.4 is 0 Å². The maximum atomic E-state index is 13.1. The monoisotopic (exact) mass is 1560 g/mol. The molecule has 0 aromatic carbocycles. The molecule has 0 aromatic rings. The molecule has 0 saturated heterocycles. The number of ether oxygens (including phenoxy) is 4. The predicted octanol–water partition coefficient (Wildman–Crippen LogP) is 26.1. The third-order valence-electron chi connectivity index (χ3n) is 18.8. The van der Waals surface area contributed by atoms with Crippen molar-refractivity contribution >= 4 is 39.5 Å². The average Bonchev–Trinajstić information content (AvgIpc) is 0.923. The Morgan fingerprint density at radius 2 is 0.454 bits per heavy atom. The molecule has 108 heavy (non-hydrogen) atoms. The van der Waals surface area contributed by atoms with Gasteiger partial charge in [-0.05, 0) is 128 Å². The normalized spacial score (nSPS) is 14.2. The van der Waals surface area contributed by atoms with Gasteiger partial charge in [0.05, 0.1) is 26.4 Å². The Kier molecular flexibility index (Phi) is 78.4. The Labute approximate surface area is 659 Å². The van der Waals surface area contributed by atoms with Crippen LogP contribution in [0, 0.1) is 0 Å². The van der Waals surface area contributed by atoms with Gasteiger partial charge in [0.1, 0.15) is 19.3 Å². The van der Waals surface area contributed by atoms with Crippen molar-refractivity contribution in [1.29, 1.82) is 0 Å². The first-order chi connectivity index (χ1) is 52.7. The second-order valence-electron chi connectivity index (χ2n) is 29.5. The standard InChI is InChI=1S/C89H160O17P2/c1-5-9-13-17-21-25-29-33-37-39-41-43-47-49-53-57-61-65-69-73-86(91)99-79-84(105-88(93)75-71-67-63-59-55-51-45-35-31-27-23-19-15-11-7-3)81-103-107(95,96)101-77-83(90)78-102-108(97,98)104-82-85(106-89(94)76-72-68-64-60-56-52-46-36-32-28-24-20-16-12-8-4)80-100-87(92)74-70-66-62-58-54-50-48-44-42-40-38-34-30-26-22-18-14-10-6-2/h21-22,25-26,33-35,37-38,41-45,83-85,90H,5-20,23-24,27-32,36,39-40,46-82H2,1-4H3,(H,95,96)(H,97,98)/b25-21-,26-22-,37-33-,38-34-,43-41-,44-42-,45-35-. The van der Waals surface area contributed by atoms with Crippen molar-refractivity contribution in [3.05, 3.63) is 85.1 Å². The summed E-state index contributed by atoms with van der Waals surface area (Å²) in [5.74, 6) is -2.18.